The molecule has 70 heavy (non-hydrogen) atoms. The van der Waals surface area contributed by atoms with Crippen LogP contribution in [-0.2, 0) is 52.9 Å². The summed E-state index contributed by atoms with van der Waals surface area (Å²) in [5.74, 6) is -5.29. The van der Waals surface area contributed by atoms with Crippen molar-refractivity contribution in [1.82, 2.24) is 31.5 Å². The summed E-state index contributed by atoms with van der Waals surface area (Å²) in [6.07, 6.45) is 3.37. The lowest BCUT2D eigenvalue weighted by atomic mass is 9.72. The zero-order chi connectivity index (χ0) is 49.6. The fourth-order valence-electron chi connectivity index (χ4n) is 8.63. The van der Waals surface area contributed by atoms with E-state index in [9.17, 15) is 43.5 Å². The minimum atomic E-state index is -1.83. The number of furan rings is 1. The number of carbonyl (C=O) groups is 8. The van der Waals surface area contributed by atoms with Crippen molar-refractivity contribution < 1.29 is 52.6 Å². The first kappa shape index (κ1) is 49.9. The summed E-state index contributed by atoms with van der Waals surface area (Å²) < 4.78 is 10.9. The van der Waals surface area contributed by atoms with Gasteiger partial charge >= 0.3 is 5.97 Å². The number of benzene rings is 4. The third-order valence-corrected chi connectivity index (χ3v) is 12.4. The number of aromatic carboxylic acids is 1. The Bertz CT molecular complexity index is 2770. The van der Waals surface area contributed by atoms with E-state index < -0.39 is 64.7 Å². The molecule has 18 heteroatoms. The van der Waals surface area contributed by atoms with Gasteiger partial charge in [-0.15, -0.1) is 0 Å². The smallest absolute Gasteiger partial charge is 0.339 e. The van der Waals surface area contributed by atoms with E-state index >= 15 is 0 Å². The first-order valence-electron chi connectivity index (χ1n) is 23.0. The third-order valence-electron chi connectivity index (χ3n) is 12.4. The second-order valence-electron chi connectivity index (χ2n) is 17.1. The van der Waals surface area contributed by atoms with Crippen molar-refractivity contribution in [3.05, 3.63) is 143 Å². The molecule has 18 nitrogen and oxygen atoms in total. The van der Waals surface area contributed by atoms with E-state index in [-0.39, 0.29) is 82.6 Å². The van der Waals surface area contributed by atoms with Gasteiger partial charge in [-0.2, -0.15) is 0 Å². The molecular formula is C52H55N7O11. The van der Waals surface area contributed by atoms with Crippen LogP contribution in [0.15, 0.2) is 120 Å². The van der Waals surface area contributed by atoms with E-state index in [1.807, 2.05) is 12.1 Å². The number of ether oxygens (including phenoxy) is 1. The number of hydrogen-bond acceptors (Lipinski definition) is 11. The number of ketones is 1. The third kappa shape index (κ3) is 12.4. The molecule has 1 fully saturated rings. The number of hydrogen-bond donors (Lipinski definition) is 7. The Balaban J connectivity index is 1.20. The van der Waals surface area contributed by atoms with Crippen molar-refractivity contribution in [2.45, 2.75) is 50.7 Å². The molecule has 2 aliphatic heterocycles. The van der Waals surface area contributed by atoms with Gasteiger partial charge in [0.25, 0.3) is 0 Å². The molecule has 4 aromatic carbocycles. The highest BCUT2D eigenvalue weighted by Crippen LogP contribution is 2.35. The Kier molecular flexibility index (Phi) is 16.7. The van der Waals surface area contributed by atoms with Crippen LogP contribution in [0, 0.1) is 5.41 Å². The molecule has 3 heterocycles. The van der Waals surface area contributed by atoms with Gasteiger partial charge in [-0.3, -0.25) is 33.6 Å². The Morgan fingerprint density at radius 1 is 0.857 bits per heavy atom. The van der Waals surface area contributed by atoms with Crippen molar-refractivity contribution in [1.29, 1.82) is 0 Å². The molecule has 2 bridgehead atoms. The number of nitrogens with one attached hydrogen (secondary N) is 5. The Hall–Kier alpha value is -7.96. The summed E-state index contributed by atoms with van der Waals surface area (Å²) in [6.45, 7) is 0.681. The number of carboxylic acid groups (broad SMARTS) is 1. The SMILES string of the molecule is NCCOCCNC(=O)[C@@H]1CCNC(=O)/C=C/C(=O)N2CCC[C@](C(=O)c3ccccc3)(C2)C(=O)N[C@@H](Cc2ccc(-c3ccc4c(C(=O)O)coc4c3)cc2)C(=O)NCc2ccccc2CC(=O)N1. The molecule has 3 atom stereocenters. The monoisotopic (exact) mass is 953 g/mol. The average molecular weight is 954 g/mol. The van der Waals surface area contributed by atoms with E-state index in [1.54, 1.807) is 84.9 Å². The van der Waals surface area contributed by atoms with Crippen molar-refractivity contribution in [2.24, 2.45) is 11.1 Å². The highest BCUT2D eigenvalue weighted by Gasteiger charge is 2.50. The predicted octanol–water partition coefficient (Wildman–Crippen LogP) is 2.83. The molecule has 8 N–H and O–H groups in total. The number of Topliss-reactive ketones (excluding diaryl/α,β-unsaturated/α-hetero) is 1. The topological polar surface area (TPSA) is 269 Å². The van der Waals surface area contributed by atoms with Crippen LogP contribution in [0.25, 0.3) is 22.1 Å². The van der Waals surface area contributed by atoms with Crippen LogP contribution in [-0.4, -0.2) is 115 Å². The van der Waals surface area contributed by atoms with E-state index in [1.165, 1.54) is 11.2 Å². The molecule has 0 unspecified atom stereocenters. The van der Waals surface area contributed by atoms with Crippen LogP contribution in [0.3, 0.4) is 0 Å². The van der Waals surface area contributed by atoms with Gasteiger partial charge in [0, 0.05) is 68.8 Å². The van der Waals surface area contributed by atoms with Crippen molar-refractivity contribution in [3.8, 4) is 11.1 Å². The van der Waals surface area contributed by atoms with Gasteiger partial charge in [-0.25, -0.2) is 4.79 Å². The number of fused-ring (bicyclic) bond motifs is 4. The highest BCUT2D eigenvalue weighted by atomic mass is 16.5. The molecule has 5 aromatic rings. The molecule has 364 valence electrons. The normalized spacial score (nSPS) is 20.1. The van der Waals surface area contributed by atoms with E-state index in [0.717, 1.165) is 23.3 Å². The second kappa shape index (κ2) is 23.4. The van der Waals surface area contributed by atoms with Gasteiger partial charge in [-0.05, 0) is 59.2 Å². The van der Waals surface area contributed by atoms with E-state index in [0.29, 0.717) is 40.8 Å². The Morgan fingerprint density at radius 2 is 1.60 bits per heavy atom. The standard InChI is InChI=1S/C52H55N7O11/c53-21-25-69-26-23-55-48(64)41-19-22-54-44(60)17-18-46(62)59-24-6-20-52(32-59,47(63)35-7-2-1-3-8-35)51(68)58-42(49(65)56-30-38-10-5-4-9-36(38)29-45(61)57-41)27-33-11-13-34(14-12-33)37-15-16-39-40(50(66)67)31-70-43(39)28-37/h1-5,7-18,28,31,41-42H,6,19-27,29-30,32,53H2,(H,54,60)(H,55,64)(H,56,65)(H,57,61)(H,58,68)(H,66,67)/b18-17+/t41-,42-,52+/m0/s1. The quantitative estimate of drug-likeness (QED) is 0.0541. The van der Waals surface area contributed by atoms with Crippen LogP contribution in [0.1, 0.15) is 56.7 Å². The van der Waals surface area contributed by atoms with E-state index in [2.05, 4.69) is 26.6 Å². The van der Waals surface area contributed by atoms with Crippen molar-refractivity contribution >= 4 is 58.2 Å². The van der Waals surface area contributed by atoms with Gasteiger partial charge in [-0.1, -0.05) is 84.9 Å². The average Bonchev–Trinajstić information content (AvgIpc) is 3.81. The molecule has 1 saturated heterocycles. The summed E-state index contributed by atoms with van der Waals surface area (Å²) in [5, 5.41) is 24.0. The largest absolute Gasteiger partial charge is 0.478 e. The number of amides is 6. The second-order valence-corrected chi connectivity index (χ2v) is 17.1. The van der Waals surface area contributed by atoms with Crippen molar-refractivity contribution in [2.75, 3.05) is 45.9 Å². The predicted molar refractivity (Wildman–Crippen MR) is 257 cm³/mol. The molecule has 1 aromatic heterocycles. The number of nitrogens with zero attached hydrogens (tertiary/aromatic N) is 1. The van der Waals surface area contributed by atoms with Crippen LogP contribution in [0.5, 0.6) is 0 Å². The summed E-state index contributed by atoms with van der Waals surface area (Å²) in [7, 11) is 0. The summed E-state index contributed by atoms with van der Waals surface area (Å²) in [6, 6.07) is 25.3. The molecule has 0 aliphatic carbocycles. The molecular weight excluding hydrogens is 899 g/mol. The fourth-order valence-corrected chi connectivity index (χ4v) is 8.63. The molecule has 0 spiro atoms. The van der Waals surface area contributed by atoms with Crippen molar-refractivity contribution in [3.63, 3.8) is 0 Å². The minimum absolute atomic E-state index is 0.00199. The number of rotatable bonds is 12. The molecule has 0 radical (unpaired) electrons. The lowest BCUT2D eigenvalue weighted by Crippen LogP contribution is -2.60. The highest BCUT2D eigenvalue weighted by molar-refractivity contribution is 6.15. The maximum atomic E-state index is 15.0. The summed E-state index contributed by atoms with van der Waals surface area (Å²) >= 11 is 0. The fraction of sp³-hybridized carbons (Fsp3) is 0.308. The zero-order valence-electron chi connectivity index (χ0n) is 38.4. The number of carbonyl (C=O) groups excluding carboxylic acids is 7. The van der Waals surface area contributed by atoms with Gasteiger partial charge < -0.3 is 51.5 Å². The van der Waals surface area contributed by atoms with Gasteiger partial charge in [0.05, 0.1) is 19.6 Å². The molecule has 6 amide bonds. The minimum Gasteiger partial charge on any atom is -0.478 e. The Labute approximate surface area is 403 Å². The lowest BCUT2D eigenvalue weighted by Gasteiger charge is -2.41. The van der Waals surface area contributed by atoms with E-state index in [4.69, 9.17) is 14.9 Å². The maximum Gasteiger partial charge on any atom is 0.339 e. The van der Waals surface area contributed by atoms with Crippen LogP contribution in [0.2, 0.25) is 0 Å². The first-order chi connectivity index (χ1) is 33.8. The lowest BCUT2D eigenvalue weighted by molar-refractivity contribution is -0.139. The van der Waals surface area contributed by atoms with Crippen LogP contribution in [0.4, 0.5) is 0 Å². The summed E-state index contributed by atoms with van der Waals surface area (Å²) in [5.41, 5.74) is 7.62. The first-order valence-corrected chi connectivity index (χ1v) is 23.0. The Morgan fingerprint density at radius 3 is 2.36 bits per heavy atom. The number of piperidine rings is 1. The number of carboxylic acids is 1. The zero-order valence-corrected chi connectivity index (χ0v) is 38.4. The van der Waals surface area contributed by atoms with Crippen LogP contribution < -0.4 is 32.3 Å². The van der Waals surface area contributed by atoms with Gasteiger partial charge in [0.1, 0.15) is 34.9 Å². The van der Waals surface area contributed by atoms with Gasteiger partial charge in [0.2, 0.25) is 35.4 Å². The maximum absolute atomic E-state index is 15.0. The summed E-state index contributed by atoms with van der Waals surface area (Å²) in [4.78, 5) is 111. The molecule has 2 aliphatic rings. The van der Waals surface area contributed by atoms with Crippen LogP contribution >= 0.6 is 0 Å². The molecule has 7 rings (SSSR count). The van der Waals surface area contributed by atoms with Gasteiger partial charge in [0.15, 0.2) is 5.78 Å². The number of nitrogens with two attached hydrogens (primary N) is 1. The molecule has 0 saturated carbocycles.